The summed E-state index contributed by atoms with van der Waals surface area (Å²) in [5.74, 6) is -0.246. The Labute approximate surface area is 127 Å². The third-order valence-electron chi connectivity index (χ3n) is 3.38. The first-order valence-electron chi connectivity index (χ1n) is 6.53. The van der Waals surface area contributed by atoms with E-state index in [2.05, 4.69) is 0 Å². The van der Waals surface area contributed by atoms with E-state index in [9.17, 15) is 9.59 Å². The second-order valence-corrected chi connectivity index (χ2v) is 5.35. The maximum absolute atomic E-state index is 12.5. The molecule has 0 N–H and O–H groups in total. The molecule has 21 heavy (non-hydrogen) atoms. The average Bonchev–Trinajstić information content (AvgIpc) is 2.75. The summed E-state index contributed by atoms with van der Waals surface area (Å²) >= 11 is 5.94. The molecule has 3 rings (SSSR count). The van der Waals surface area contributed by atoms with Gasteiger partial charge in [0.15, 0.2) is 0 Å². The van der Waals surface area contributed by atoms with Crippen molar-refractivity contribution in [1.29, 1.82) is 0 Å². The van der Waals surface area contributed by atoms with E-state index in [1.165, 1.54) is 9.80 Å². The van der Waals surface area contributed by atoms with E-state index in [-0.39, 0.29) is 18.5 Å². The molecule has 2 aromatic carbocycles. The van der Waals surface area contributed by atoms with Crippen LogP contribution in [0.4, 0.5) is 16.2 Å². The van der Waals surface area contributed by atoms with Crippen LogP contribution in [-0.2, 0) is 4.79 Å². The van der Waals surface area contributed by atoms with Gasteiger partial charge in [-0.1, -0.05) is 35.4 Å². The molecule has 0 bridgehead atoms. The zero-order valence-electron chi connectivity index (χ0n) is 11.4. The summed E-state index contributed by atoms with van der Waals surface area (Å²) in [5, 5.41) is 0.529. The predicted molar refractivity (Wildman–Crippen MR) is 82.9 cm³/mol. The number of halogens is 1. The molecule has 0 atom stereocenters. The normalized spacial score (nSPS) is 15.0. The standard InChI is InChI=1S/C16H13ClN2O2/c1-11-5-7-13(8-6-11)19-15(20)10-18(16(19)21)14-4-2-3-12(17)9-14/h2-9H,10H2,1H3. The maximum atomic E-state index is 12.5. The number of aryl methyl sites for hydroxylation is 1. The molecule has 0 aromatic heterocycles. The van der Waals surface area contributed by atoms with Crippen molar-refractivity contribution in [3.63, 3.8) is 0 Å². The number of nitrogens with zero attached hydrogens (tertiary/aromatic N) is 2. The molecule has 0 saturated carbocycles. The Hall–Kier alpha value is -2.33. The minimum atomic E-state index is -0.355. The molecule has 0 radical (unpaired) electrons. The molecule has 5 heteroatoms. The van der Waals surface area contributed by atoms with Gasteiger partial charge in [-0.05, 0) is 37.3 Å². The van der Waals surface area contributed by atoms with Gasteiger partial charge in [0, 0.05) is 10.7 Å². The van der Waals surface area contributed by atoms with Gasteiger partial charge in [0.25, 0.3) is 5.91 Å². The van der Waals surface area contributed by atoms with Gasteiger partial charge < -0.3 is 0 Å². The average molecular weight is 301 g/mol. The number of anilines is 2. The van der Waals surface area contributed by atoms with E-state index in [4.69, 9.17) is 11.6 Å². The summed E-state index contributed by atoms with van der Waals surface area (Å²) in [6.07, 6.45) is 0. The Morgan fingerprint density at radius 3 is 2.38 bits per heavy atom. The van der Waals surface area contributed by atoms with Gasteiger partial charge in [0.1, 0.15) is 6.54 Å². The number of hydrogen-bond acceptors (Lipinski definition) is 2. The zero-order valence-corrected chi connectivity index (χ0v) is 12.2. The van der Waals surface area contributed by atoms with E-state index in [0.29, 0.717) is 16.4 Å². The van der Waals surface area contributed by atoms with E-state index in [1.54, 1.807) is 36.4 Å². The van der Waals surface area contributed by atoms with Crippen LogP contribution >= 0.6 is 11.6 Å². The number of hydrogen-bond donors (Lipinski definition) is 0. The number of benzene rings is 2. The molecule has 106 valence electrons. The van der Waals surface area contributed by atoms with Gasteiger partial charge >= 0.3 is 6.03 Å². The Kier molecular flexibility index (Phi) is 3.39. The van der Waals surface area contributed by atoms with Gasteiger partial charge in [0.2, 0.25) is 0 Å². The zero-order chi connectivity index (χ0) is 15.0. The highest BCUT2D eigenvalue weighted by molar-refractivity contribution is 6.31. The van der Waals surface area contributed by atoms with Crippen molar-refractivity contribution < 1.29 is 9.59 Å². The third-order valence-corrected chi connectivity index (χ3v) is 3.61. The van der Waals surface area contributed by atoms with Crippen LogP contribution in [0.15, 0.2) is 48.5 Å². The van der Waals surface area contributed by atoms with Crippen LogP contribution < -0.4 is 9.80 Å². The topological polar surface area (TPSA) is 40.6 Å². The van der Waals surface area contributed by atoms with Crippen molar-refractivity contribution in [3.05, 3.63) is 59.1 Å². The Morgan fingerprint density at radius 2 is 1.71 bits per heavy atom. The van der Waals surface area contributed by atoms with Crippen molar-refractivity contribution in [2.24, 2.45) is 0 Å². The summed E-state index contributed by atoms with van der Waals surface area (Å²) < 4.78 is 0. The van der Waals surface area contributed by atoms with Crippen molar-refractivity contribution in [2.75, 3.05) is 16.3 Å². The molecular weight excluding hydrogens is 288 g/mol. The fourth-order valence-electron chi connectivity index (χ4n) is 2.29. The molecule has 1 fully saturated rings. The minimum absolute atomic E-state index is 0.0209. The van der Waals surface area contributed by atoms with Crippen molar-refractivity contribution in [3.8, 4) is 0 Å². The number of imide groups is 1. The summed E-state index contributed by atoms with van der Waals surface area (Å²) in [7, 11) is 0. The molecule has 1 aliphatic rings. The fourth-order valence-corrected chi connectivity index (χ4v) is 2.48. The van der Waals surface area contributed by atoms with Crippen molar-refractivity contribution in [1.82, 2.24) is 0 Å². The number of urea groups is 1. The largest absolute Gasteiger partial charge is 0.336 e. The molecule has 2 aromatic rings. The molecule has 4 nitrogen and oxygen atoms in total. The Balaban J connectivity index is 1.94. The lowest BCUT2D eigenvalue weighted by Gasteiger charge is -2.17. The lowest BCUT2D eigenvalue weighted by Crippen LogP contribution is -2.32. The highest BCUT2D eigenvalue weighted by Crippen LogP contribution is 2.27. The van der Waals surface area contributed by atoms with Crippen LogP contribution in [0.25, 0.3) is 0 Å². The summed E-state index contributed by atoms with van der Waals surface area (Å²) in [5.41, 5.74) is 2.28. The number of carbonyl (C=O) groups excluding carboxylic acids is 2. The van der Waals surface area contributed by atoms with Gasteiger partial charge in [-0.3, -0.25) is 9.69 Å². The van der Waals surface area contributed by atoms with E-state index in [1.807, 2.05) is 19.1 Å². The van der Waals surface area contributed by atoms with Crippen LogP contribution in [0, 0.1) is 6.92 Å². The van der Waals surface area contributed by atoms with Gasteiger partial charge in [-0.15, -0.1) is 0 Å². The van der Waals surface area contributed by atoms with Crippen LogP contribution in [0.5, 0.6) is 0 Å². The summed E-state index contributed by atoms with van der Waals surface area (Å²) in [4.78, 5) is 27.3. The lowest BCUT2D eigenvalue weighted by molar-refractivity contribution is -0.115. The highest BCUT2D eigenvalue weighted by atomic mass is 35.5. The van der Waals surface area contributed by atoms with Crippen molar-refractivity contribution in [2.45, 2.75) is 6.92 Å². The summed E-state index contributed by atoms with van der Waals surface area (Å²) in [6.45, 7) is 1.97. The molecule has 3 amide bonds. The minimum Gasteiger partial charge on any atom is -0.284 e. The molecule has 0 unspecified atom stereocenters. The first-order valence-corrected chi connectivity index (χ1v) is 6.91. The molecular formula is C16H13ClN2O2. The Morgan fingerprint density at radius 1 is 1.00 bits per heavy atom. The smallest absolute Gasteiger partial charge is 0.284 e. The maximum Gasteiger partial charge on any atom is 0.336 e. The number of rotatable bonds is 2. The quantitative estimate of drug-likeness (QED) is 0.795. The van der Waals surface area contributed by atoms with Gasteiger partial charge in [-0.2, -0.15) is 0 Å². The van der Waals surface area contributed by atoms with Crippen molar-refractivity contribution >= 4 is 34.9 Å². The molecule has 0 aliphatic carbocycles. The van der Waals surface area contributed by atoms with Gasteiger partial charge in [0.05, 0.1) is 5.69 Å². The first kappa shape index (κ1) is 13.6. The molecule has 1 saturated heterocycles. The third kappa shape index (κ3) is 2.50. The fraction of sp³-hybridized carbons (Fsp3) is 0.125. The highest BCUT2D eigenvalue weighted by Gasteiger charge is 2.37. The van der Waals surface area contributed by atoms with E-state index >= 15 is 0 Å². The van der Waals surface area contributed by atoms with Crippen LogP contribution in [-0.4, -0.2) is 18.5 Å². The van der Waals surface area contributed by atoms with E-state index < -0.39 is 0 Å². The second kappa shape index (κ2) is 5.22. The van der Waals surface area contributed by atoms with E-state index in [0.717, 1.165) is 5.56 Å². The lowest BCUT2D eigenvalue weighted by atomic mass is 10.2. The first-order chi connectivity index (χ1) is 10.1. The van der Waals surface area contributed by atoms with Crippen LogP contribution in [0.2, 0.25) is 5.02 Å². The number of amides is 3. The molecule has 1 heterocycles. The molecule has 0 spiro atoms. The monoisotopic (exact) mass is 300 g/mol. The number of carbonyl (C=O) groups is 2. The van der Waals surface area contributed by atoms with Gasteiger partial charge in [-0.25, -0.2) is 9.69 Å². The summed E-state index contributed by atoms with van der Waals surface area (Å²) in [6, 6.07) is 13.8. The second-order valence-electron chi connectivity index (χ2n) is 4.91. The molecule has 1 aliphatic heterocycles. The predicted octanol–water partition coefficient (Wildman–Crippen LogP) is 3.62. The van der Waals surface area contributed by atoms with Crippen LogP contribution in [0.1, 0.15) is 5.56 Å². The Bertz CT molecular complexity index is 712. The SMILES string of the molecule is Cc1ccc(N2C(=O)CN(c3cccc(Cl)c3)C2=O)cc1. The van der Waals surface area contributed by atoms with Crippen LogP contribution in [0.3, 0.4) is 0 Å².